The molecule has 0 radical (unpaired) electrons. The maximum atomic E-state index is 5.58. The van der Waals surface area contributed by atoms with Crippen LogP contribution in [0, 0.1) is 6.92 Å². The van der Waals surface area contributed by atoms with Gasteiger partial charge in [-0.25, -0.2) is 0 Å². The largest absolute Gasteiger partial charge is 0.493 e. The molecule has 2 aliphatic heterocycles. The number of aryl methyl sites for hydroxylation is 1. The summed E-state index contributed by atoms with van der Waals surface area (Å²) in [7, 11) is 0. The van der Waals surface area contributed by atoms with Gasteiger partial charge >= 0.3 is 0 Å². The average molecular weight is 314 g/mol. The van der Waals surface area contributed by atoms with Crippen LogP contribution in [-0.4, -0.2) is 52.7 Å². The van der Waals surface area contributed by atoms with Gasteiger partial charge in [-0.2, -0.15) is 4.98 Å². The number of fused-ring (bicyclic) bond motifs is 1. The van der Waals surface area contributed by atoms with E-state index < -0.39 is 0 Å². The van der Waals surface area contributed by atoms with Gasteiger partial charge in [0, 0.05) is 39.1 Å². The van der Waals surface area contributed by atoms with Crippen molar-refractivity contribution in [1.82, 2.24) is 19.9 Å². The van der Waals surface area contributed by atoms with Crippen LogP contribution in [0.4, 0.5) is 0 Å². The lowest BCUT2D eigenvalue weighted by atomic mass is 10.1. The molecule has 23 heavy (non-hydrogen) atoms. The van der Waals surface area contributed by atoms with E-state index in [1.807, 2.05) is 6.92 Å². The first-order chi connectivity index (χ1) is 11.3. The molecule has 6 nitrogen and oxygen atoms in total. The fourth-order valence-electron chi connectivity index (χ4n) is 3.30. The molecule has 0 amide bonds. The molecule has 1 saturated heterocycles. The summed E-state index contributed by atoms with van der Waals surface area (Å²) in [4.78, 5) is 9.16. The smallest absolute Gasteiger partial charge is 0.240 e. The van der Waals surface area contributed by atoms with E-state index in [4.69, 9.17) is 9.26 Å². The molecule has 2 aromatic rings. The highest BCUT2D eigenvalue weighted by molar-refractivity contribution is 5.39. The SMILES string of the molecule is Cc1noc(CN2CCN(Cc3ccc4c(c3)CCO4)CC2)n1. The predicted molar refractivity (Wildman–Crippen MR) is 85.2 cm³/mol. The average Bonchev–Trinajstić information content (AvgIpc) is 3.17. The second-order valence-electron chi connectivity index (χ2n) is 6.33. The van der Waals surface area contributed by atoms with Crippen molar-refractivity contribution in [3.63, 3.8) is 0 Å². The van der Waals surface area contributed by atoms with Crippen LogP contribution >= 0.6 is 0 Å². The Morgan fingerprint density at radius 2 is 1.87 bits per heavy atom. The van der Waals surface area contributed by atoms with Crippen molar-refractivity contribution in [2.75, 3.05) is 32.8 Å². The molecule has 3 heterocycles. The third-order valence-electron chi connectivity index (χ3n) is 4.55. The van der Waals surface area contributed by atoms with Crippen molar-refractivity contribution in [2.24, 2.45) is 0 Å². The Kier molecular flexibility index (Phi) is 4.01. The van der Waals surface area contributed by atoms with Gasteiger partial charge < -0.3 is 9.26 Å². The molecule has 122 valence electrons. The van der Waals surface area contributed by atoms with Crippen LogP contribution in [0.3, 0.4) is 0 Å². The van der Waals surface area contributed by atoms with Crippen molar-refractivity contribution in [3.8, 4) is 5.75 Å². The van der Waals surface area contributed by atoms with Gasteiger partial charge in [0.15, 0.2) is 5.82 Å². The fourth-order valence-corrected chi connectivity index (χ4v) is 3.30. The van der Waals surface area contributed by atoms with Gasteiger partial charge in [0.25, 0.3) is 0 Å². The van der Waals surface area contributed by atoms with Crippen molar-refractivity contribution in [2.45, 2.75) is 26.4 Å². The van der Waals surface area contributed by atoms with Crippen LogP contribution in [0.2, 0.25) is 0 Å². The quantitative estimate of drug-likeness (QED) is 0.855. The molecule has 0 aliphatic carbocycles. The Bertz CT molecular complexity index is 677. The number of ether oxygens (including phenoxy) is 1. The van der Waals surface area contributed by atoms with E-state index in [0.29, 0.717) is 5.82 Å². The lowest BCUT2D eigenvalue weighted by Crippen LogP contribution is -2.45. The standard InChI is InChI=1S/C17H22N4O2/c1-13-18-17(23-19-13)12-21-7-5-20(6-8-21)11-14-2-3-16-15(10-14)4-9-22-16/h2-3,10H,4-9,11-12H2,1H3. The van der Waals surface area contributed by atoms with E-state index in [0.717, 1.165) is 63.9 Å². The van der Waals surface area contributed by atoms with E-state index in [1.165, 1.54) is 11.1 Å². The van der Waals surface area contributed by atoms with Gasteiger partial charge in [-0.05, 0) is 24.1 Å². The number of hydrogen-bond donors (Lipinski definition) is 0. The molecular formula is C17H22N4O2. The number of piperazine rings is 1. The molecule has 0 atom stereocenters. The van der Waals surface area contributed by atoms with E-state index in [-0.39, 0.29) is 0 Å². The minimum Gasteiger partial charge on any atom is -0.493 e. The fraction of sp³-hybridized carbons (Fsp3) is 0.529. The van der Waals surface area contributed by atoms with Crippen molar-refractivity contribution >= 4 is 0 Å². The summed E-state index contributed by atoms with van der Waals surface area (Å²) >= 11 is 0. The van der Waals surface area contributed by atoms with Crippen LogP contribution < -0.4 is 4.74 Å². The molecule has 1 fully saturated rings. The van der Waals surface area contributed by atoms with Gasteiger partial charge in [0.05, 0.1) is 13.2 Å². The molecular weight excluding hydrogens is 292 g/mol. The minimum absolute atomic E-state index is 0.708. The molecule has 4 rings (SSSR count). The second kappa shape index (κ2) is 6.29. The second-order valence-corrected chi connectivity index (χ2v) is 6.33. The summed E-state index contributed by atoms with van der Waals surface area (Å²) in [6, 6.07) is 6.61. The summed E-state index contributed by atoms with van der Waals surface area (Å²) in [6.45, 7) is 8.66. The number of rotatable bonds is 4. The van der Waals surface area contributed by atoms with Crippen LogP contribution in [0.1, 0.15) is 22.8 Å². The Balaban J connectivity index is 1.29. The Morgan fingerprint density at radius 3 is 2.61 bits per heavy atom. The monoisotopic (exact) mass is 314 g/mol. The van der Waals surface area contributed by atoms with Crippen molar-refractivity contribution in [3.05, 3.63) is 41.0 Å². The normalized spacial score (nSPS) is 18.8. The highest BCUT2D eigenvalue weighted by atomic mass is 16.5. The summed E-state index contributed by atoms with van der Waals surface area (Å²) in [6.07, 6.45) is 1.04. The minimum atomic E-state index is 0.708. The van der Waals surface area contributed by atoms with Crippen LogP contribution in [-0.2, 0) is 19.5 Å². The van der Waals surface area contributed by atoms with Crippen LogP contribution in [0.25, 0.3) is 0 Å². The highest BCUT2D eigenvalue weighted by Crippen LogP contribution is 2.26. The molecule has 0 saturated carbocycles. The lowest BCUT2D eigenvalue weighted by Gasteiger charge is -2.34. The first-order valence-electron chi connectivity index (χ1n) is 8.25. The summed E-state index contributed by atoms with van der Waals surface area (Å²) < 4.78 is 10.8. The maximum Gasteiger partial charge on any atom is 0.240 e. The molecule has 0 spiro atoms. The summed E-state index contributed by atoms with van der Waals surface area (Å²) in [5.41, 5.74) is 2.74. The van der Waals surface area contributed by atoms with Gasteiger partial charge in [-0.1, -0.05) is 17.3 Å². The van der Waals surface area contributed by atoms with E-state index in [1.54, 1.807) is 0 Å². The molecule has 0 bridgehead atoms. The van der Waals surface area contributed by atoms with Gasteiger partial charge in [-0.15, -0.1) is 0 Å². The van der Waals surface area contributed by atoms with Crippen molar-refractivity contribution in [1.29, 1.82) is 0 Å². The predicted octanol–water partition coefficient (Wildman–Crippen LogP) is 1.63. The van der Waals surface area contributed by atoms with E-state index in [2.05, 4.69) is 38.1 Å². The Morgan fingerprint density at radius 1 is 1.09 bits per heavy atom. The molecule has 6 heteroatoms. The molecule has 2 aliphatic rings. The third kappa shape index (κ3) is 3.38. The van der Waals surface area contributed by atoms with Gasteiger partial charge in [-0.3, -0.25) is 9.80 Å². The summed E-state index contributed by atoms with van der Waals surface area (Å²) in [5.74, 6) is 2.49. The third-order valence-corrected chi connectivity index (χ3v) is 4.55. The zero-order valence-electron chi connectivity index (χ0n) is 13.5. The molecule has 1 aromatic carbocycles. The van der Waals surface area contributed by atoms with Crippen molar-refractivity contribution < 1.29 is 9.26 Å². The first-order valence-corrected chi connectivity index (χ1v) is 8.25. The molecule has 0 unspecified atom stereocenters. The van der Waals surface area contributed by atoms with Crippen LogP contribution in [0.5, 0.6) is 5.75 Å². The molecule has 0 N–H and O–H groups in total. The van der Waals surface area contributed by atoms with E-state index in [9.17, 15) is 0 Å². The number of nitrogens with zero attached hydrogens (tertiary/aromatic N) is 4. The van der Waals surface area contributed by atoms with Gasteiger partial charge in [0.1, 0.15) is 5.75 Å². The lowest BCUT2D eigenvalue weighted by molar-refractivity contribution is 0.112. The topological polar surface area (TPSA) is 54.6 Å². The Labute approximate surface area is 136 Å². The number of hydrogen-bond acceptors (Lipinski definition) is 6. The zero-order valence-corrected chi connectivity index (χ0v) is 13.5. The Hall–Kier alpha value is -1.92. The summed E-state index contributed by atoms with van der Waals surface area (Å²) in [5, 5.41) is 3.85. The maximum absolute atomic E-state index is 5.58. The highest BCUT2D eigenvalue weighted by Gasteiger charge is 2.20. The van der Waals surface area contributed by atoms with E-state index >= 15 is 0 Å². The first kappa shape index (κ1) is 14.7. The van der Waals surface area contributed by atoms with Crippen LogP contribution in [0.15, 0.2) is 22.7 Å². The molecule has 1 aromatic heterocycles. The van der Waals surface area contributed by atoms with Gasteiger partial charge in [0.2, 0.25) is 5.89 Å². The number of benzene rings is 1. The number of aromatic nitrogens is 2. The zero-order chi connectivity index (χ0) is 15.6.